The van der Waals surface area contributed by atoms with Crippen molar-refractivity contribution in [3.8, 4) is 17.7 Å². The van der Waals surface area contributed by atoms with E-state index >= 15 is 0 Å². The van der Waals surface area contributed by atoms with E-state index in [1.165, 1.54) is 6.92 Å². The molecule has 0 bridgehead atoms. The zero-order valence-corrected chi connectivity index (χ0v) is 18.3. The molecule has 0 aliphatic rings. The highest BCUT2D eigenvalue weighted by molar-refractivity contribution is 6.31. The Morgan fingerprint density at radius 2 is 1.87 bits per heavy atom. The molecule has 2 aromatic carbocycles. The number of carbonyl (C=O) groups is 1. The zero-order chi connectivity index (χ0) is 22.7. The van der Waals surface area contributed by atoms with E-state index in [0.29, 0.717) is 21.4 Å². The first-order valence-corrected chi connectivity index (χ1v) is 10.0. The maximum atomic E-state index is 12.9. The lowest BCUT2D eigenvalue weighted by Crippen LogP contribution is -2.28. The van der Waals surface area contributed by atoms with Crippen molar-refractivity contribution < 1.29 is 14.6 Å². The van der Waals surface area contributed by atoms with Gasteiger partial charge in [0, 0.05) is 10.0 Å². The van der Waals surface area contributed by atoms with Crippen molar-refractivity contribution in [3.05, 3.63) is 90.7 Å². The summed E-state index contributed by atoms with van der Waals surface area (Å²) >= 11 is 12.2. The largest absolute Gasteiger partial charge is 0.494 e. The standard InChI is InChI=1S/C23H18Cl2N2O4/c1-13-9-16(7-8-18(13)24)31-12-20(28)21-14(2)17(10-26)22(29)27(23(21)30)11-15-5-3-4-6-19(15)25/h3-9,30H,11-12H2,1-2H3. The molecule has 6 nitrogen and oxygen atoms in total. The number of halogens is 2. The Morgan fingerprint density at radius 1 is 1.16 bits per heavy atom. The number of hydrogen-bond donors (Lipinski definition) is 1. The maximum Gasteiger partial charge on any atom is 0.271 e. The number of Topliss-reactive ketones (excluding diaryl/α,β-unsaturated/α-hetero) is 1. The number of aromatic nitrogens is 1. The monoisotopic (exact) mass is 456 g/mol. The van der Waals surface area contributed by atoms with Crippen LogP contribution in [0.3, 0.4) is 0 Å². The minimum absolute atomic E-state index is 0.0984. The summed E-state index contributed by atoms with van der Waals surface area (Å²) in [4.78, 5) is 25.7. The lowest BCUT2D eigenvalue weighted by atomic mass is 10.0. The molecule has 31 heavy (non-hydrogen) atoms. The Bertz CT molecular complexity index is 1280. The fourth-order valence-corrected chi connectivity index (χ4v) is 3.47. The third kappa shape index (κ3) is 4.58. The number of nitriles is 1. The normalized spacial score (nSPS) is 10.5. The van der Waals surface area contributed by atoms with Crippen LogP contribution >= 0.6 is 23.2 Å². The van der Waals surface area contributed by atoms with E-state index in [0.717, 1.165) is 10.1 Å². The number of rotatable bonds is 6. The molecule has 0 atom stereocenters. The Labute approximate surface area is 188 Å². The van der Waals surface area contributed by atoms with E-state index in [4.69, 9.17) is 27.9 Å². The molecule has 0 saturated heterocycles. The van der Waals surface area contributed by atoms with Gasteiger partial charge in [-0.15, -0.1) is 0 Å². The molecule has 3 aromatic rings. The first-order valence-electron chi connectivity index (χ1n) is 9.26. The van der Waals surface area contributed by atoms with Crippen molar-refractivity contribution in [1.82, 2.24) is 4.57 Å². The van der Waals surface area contributed by atoms with E-state index in [-0.39, 0.29) is 23.2 Å². The van der Waals surface area contributed by atoms with Crippen LogP contribution in [-0.4, -0.2) is 22.1 Å². The molecule has 0 spiro atoms. The van der Waals surface area contributed by atoms with Crippen LogP contribution in [0.25, 0.3) is 0 Å². The van der Waals surface area contributed by atoms with Crippen molar-refractivity contribution in [3.63, 3.8) is 0 Å². The number of nitrogens with zero attached hydrogens (tertiary/aromatic N) is 2. The molecule has 0 unspecified atom stereocenters. The zero-order valence-electron chi connectivity index (χ0n) is 16.8. The van der Waals surface area contributed by atoms with Crippen molar-refractivity contribution in [2.45, 2.75) is 20.4 Å². The van der Waals surface area contributed by atoms with Gasteiger partial charge in [-0.2, -0.15) is 5.26 Å². The molecule has 158 valence electrons. The van der Waals surface area contributed by atoms with Crippen molar-refractivity contribution in [2.24, 2.45) is 0 Å². The minimum Gasteiger partial charge on any atom is -0.494 e. The topological polar surface area (TPSA) is 92.3 Å². The predicted octanol–water partition coefficient (Wildman–Crippen LogP) is 4.66. The van der Waals surface area contributed by atoms with Crippen LogP contribution in [0, 0.1) is 25.2 Å². The number of ether oxygens (including phenoxy) is 1. The highest BCUT2D eigenvalue weighted by atomic mass is 35.5. The lowest BCUT2D eigenvalue weighted by molar-refractivity contribution is 0.0916. The molecular formula is C23H18Cl2N2O4. The molecule has 0 aliphatic carbocycles. The molecule has 1 aromatic heterocycles. The van der Waals surface area contributed by atoms with E-state index in [1.54, 1.807) is 49.4 Å². The number of hydrogen-bond acceptors (Lipinski definition) is 5. The molecule has 3 rings (SSSR count). The third-order valence-electron chi connectivity index (χ3n) is 4.86. The summed E-state index contributed by atoms with van der Waals surface area (Å²) in [5.74, 6) is -0.688. The van der Waals surface area contributed by atoms with E-state index in [1.807, 2.05) is 6.07 Å². The van der Waals surface area contributed by atoms with Crippen LogP contribution < -0.4 is 10.3 Å². The first-order chi connectivity index (χ1) is 14.7. The van der Waals surface area contributed by atoms with Gasteiger partial charge in [0.25, 0.3) is 5.56 Å². The van der Waals surface area contributed by atoms with E-state index in [2.05, 4.69) is 0 Å². The van der Waals surface area contributed by atoms with Crippen LogP contribution in [0.1, 0.15) is 32.6 Å². The minimum atomic E-state index is -0.705. The van der Waals surface area contributed by atoms with Gasteiger partial charge in [-0.25, -0.2) is 0 Å². The summed E-state index contributed by atoms with van der Waals surface area (Å²) < 4.78 is 6.50. The summed E-state index contributed by atoms with van der Waals surface area (Å²) in [5.41, 5.74) is 0.361. The van der Waals surface area contributed by atoms with Gasteiger partial charge < -0.3 is 9.84 Å². The van der Waals surface area contributed by atoms with Crippen molar-refractivity contribution >= 4 is 29.0 Å². The summed E-state index contributed by atoms with van der Waals surface area (Å²) in [6.45, 7) is 2.75. The predicted molar refractivity (Wildman–Crippen MR) is 118 cm³/mol. The van der Waals surface area contributed by atoms with Gasteiger partial charge in [-0.1, -0.05) is 41.4 Å². The van der Waals surface area contributed by atoms with Gasteiger partial charge in [-0.05, 0) is 54.8 Å². The van der Waals surface area contributed by atoms with Gasteiger partial charge in [0.2, 0.25) is 11.7 Å². The molecule has 8 heteroatoms. The molecule has 1 heterocycles. The average Bonchev–Trinajstić information content (AvgIpc) is 2.73. The molecule has 0 aliphatic heterocycles. The number of aryl methyl sites for hydroxylation is 1. The first kappa shape index (κ1) is 22.4. The number of benzene rings is 2. The second kappa shape index (κ2) is 9.25. The van der Waals surface area contributed by atoms with E-state index < -0.39 is 23.8 Å². The Hall–Kier alpha value is -3.27. The Morgan fingerprint density at radius 3 is 2.52 bits per heavy atom. The highest BCUT2D eigenvalue weighted by Gasteiger charge is 2.24. The fraction of sp³-hybridized carbons (Fsp3) is 0.174. The Kier molecular flexibility index (Phi) is 6.69. The maximum absolute atomic E-state index is 12.9. The lowest BCUT2D eigenvalue weighted by Gasteiger charge is -2.16. The van der Waals surface area contributed by atoms with Crippen LogP contribution in [0.2, 0.25) is 10.0 Å². The van der Waals surface area contributed by atoms with Gasteiger partial charge >= 0.3 is 0 Å². The quantitative estimate of drug-likeness (QED) is 0.544. The SMILES string of the molecule is Cc1cc(OCC(=O)c2c(C)c(C#N)c(=O)n(Cc3ccccc3Cl)c2O)ccc1Cl. The molecule has 0 radical (unpaired) electrons. The summed E-state index contributed by atoms with van der Waals surface area (Å²) in [7, 11) is 0. The van der Waals surface area contributed by atoms with Crippen LogP contribution in [0.15, 0.2) is 47.3 Å². The van der Waals surface area contributed by atoms with Crippen LogP contribution in [0.5, 0.6) is 11.6 Å². The summed E-state index contributed by atoms with van der Waals surface area (Å²) in [6, 6.07) is 13.6. The third-order valence-corrected chi connectivity index (χ3v) is 5.66. The number of ketones is 1. The van der Waals surface area contributed by atoms with Crippen molar-refractivity contribution in [2.75, 3.05) is 6.61 Å². The molecular weight excluding hydrogens is 439 g/mol. The molecule has 0 fully saturated rings. The van der Waals surface area contributed by atoms with E-state index in [9.17, 15) is 20.0 Å². The van der Waals surface area contributed by atoms with Gasteiger partial charge in [0.1, 0.15) is 17.4 Å². The molecule has 0 amide bonds. The number of carbonyl (C=O) groups excluding carboxylic acids is 1. The number of aromatic hydroxyl groups is 1. The van der Waals surface area contributed by atoms with Crippen LogP contribution in [-0.2, 0) is 6.54 Å². The molecule has 1 N–H and O–H groups in total. The highest BCUT2D eigenvalue weighted by Crippen LogP contribution is 2.26. The van der Waals surface area contributed by atoms with Crippen molar-refractivity contribution in [1.29, 1.82) is 5.26 Å². The summed E-state index contributed by atoms with van der Waals surface area (Å²) in [6.07, 6.45) is 0. The number of pyridine rings is 1. The average molecular weight is 457 g/mol. The van der Waals surface area contributed by atoms with Gasteiger partial charge in [0.15, 0.2) is 6.61 Å². The smallest absolute Gasteiger partial charge is 0.271 e. The second-order valence-corrected chi connectivity index (χ2v) is 7.73. The van der Waals surface area contributed by atoms with Gasteiger partial charge in [0.05, 0.1) is 12.1 Å². The second-order valence-electron chi connectivity index (χ2n) is 6.92. The Balaban J connectivity index is 2.00. The molecule has 0 saturated carbocycles. The van der Waals surface area contributed by atoms with Gasteiger partial charge in [-0.3, -0.25) is 14.2 Å². The summed E-state index contributed by atoms with van der Waals surface area (Å²) in [5, 5.41) is 21.2. The van der Waals surface area contributed by atoms with Crippen LogP contribution in [0.4, 0.5) is 0 Å². The fourth-order valence-electron chi connectivity index (χ4n) is 3.16.